The van der Waals surface area contributed by atoms with Gasteiger partial charge in [-0.3, -0.25) is 9.10 Å². The molecule has 0 spiro atoms. The van der Waals surface area contributed by atoms with Crippen molar-refractivity contribution in [3.8, 4) is 22.6 Å². The predicted octanol–water partition coefficient (Wildman–Crippen LogP) is 5.84. The van der Waals surface area contributed by atoms with Gasteiger partial charge in [-0.1, -0.05) is 24.3 Å². The lowest BCUT2D eigenvalue weighted by Crippen LogP contribution is -2.46. The molecule has 1 atom stereocenters. The highest BCUT2D eigenvalue weighted by atomic mass is 32.2. The SMILES string of the molecule is COc1cccc(-c2ccc3c(c2)N(S(=O)(=O)c2cccc(C(F)(F)F)c2)C[C@H](CC(C)(C)C(=O)O)O3)c1. The Morgan fingerprint density at radius 3 is 2.39 bits per heavy atom. The van der Waals surface area contributed by atoms with Crippen molar-refractivity contribution in [3.63, 3.8) is 0 Å². The van der Waals surface area contributed by atoms with Gasteiger partial charge >= 0.3 is 12.1 Å². The zero-order valence-electron chi connectivity index (χ0n) is 20.8. The normalized spacial score (nSPS) is 15.9. The van der Waals surface area contributed by atoms with Crippen molar-refractivity contribution in [1.29, 1.82) is 0 Å². The van der Waals surface area contributed by atoms with E-state index in [1.807, 2.05) is 0 Å². The summed E-state index contributed by atoms with van der Waals surface area (Å²) in [7, 11) is -2.98. The number of nitrogens with zero attached hydrogens (tertiary/aromatic N) is 1. The van der Waals surface area contributed by atoms with E-state index in [2.05, 4.69) is 0 Å². The van der Waals surface area contributed by atoms with Gasteiger partial charge in [0, 0.05) is 6.42 Å². The van der Waals surface area contributed by atoms with Crippen molar-refractivity contribution >= 4 is 21.7 Å². The van der Waals surface area contributed by atoms with Crippen molar-refractivity contribution in [1.82, 2.24) is 0 Å². The minimum atomic E-state index is -4.73. The molecule has 1 aliphatic heterocycles. The molecule has 202 valence electrons. The molecule has 3 aromatic carbocycles. The molecule has 3 aromatic rings. The molecule has 0 saturated heterocycles. The molecule has 38 heavy (non-hydrogen) atoms. The first-order chi connectivity index (χ1) is 17.7. The molecule has 0 fully saturated rings. The smallest absolute Gasteiger partial charge is 0.416 e. The van der Waals surface area contributed by atoms with Crippen LogP contribution in [0.15, 0.2) is 71.6 Å². The summed E-state index contributed by atoms with van der Waals surface area (Å²) in [6.45, 7) is 2.70. The van der Waals surface area contributed by atoms with Gasteiger partial charge in [0.1, 0.15) is 17.6 Å². The molecular formula is C27H26F3NO6S. The lowest BCUT2D eigenvalue weighted by Gasteiger charge is -2.38. The Labute approximate surface area is 218 Å². The van der Waals surface area contributed by atoms with Crippen LogP contribution in [0.5, 0.6) is 11.5 Å². The molecule has 11 heteroatoms. The van der Waals surface area contributed by atoms with Crippen LogP contribution in [-0.4, -0.2) is 39.3 Å². The van der Waals surface area contributed by atoms with Gasteiger partial charge in [-0.05, 0) is 67.4 Å². The lowest BCUT2D eigenvalue weighted by molar-refractivity contribution is -0.148. The summed E-state index contributed by atoms with van der Waals surface area (Å²) < 4.78 is 80.0. The summed E-state index contributed by atoms with van der Waals surface area (Å²) in [5.74, 6) is -0.335. The van der Waals surface area contributed by atoms with Crippen LogP contribution in [0.4, 0.5) is 18.9 Å². The fourth-order valence-electron chi connectivity index (χ4n) is 4.24. The first-order valence-corrected chi connectivity index (χ1v) is 13.0. The summed E-state index contributed by atoms with van der Waals surface area (Å²) in [4.78, 5) is 11.2. The average molecular weight is 550 g/mol. The lowest BCUT2D eigenvalue weighted by atomic mass is 9.86. The third-order valence-corrected chi connectivity index (χ3v) is 8.14. The highest BCUT2D eigenvalue weighted by Crippen LogP contribution is 2.42. The zero-order chi connectivity index (χ0) is 27.9. The van der Waals surface area contributed by atoms with Crippen LogP contribution in [0.25, 0.3) is 11.1 Å². The summed E-state index contributed by atoms with van der Waals surface area (Å²) in [6.07, 6.45) is -5.63. The van der Waals surface area contributed by atoms with Gasteiger partial charge in [-0.2, -0.15) is 13.2 Å². The minimum absolute atomic E-state index is 0.0337. The molecule has 0 amide bonds. The van der Waals surface area contributed by atoms with Crippen LogP contribution < -0.4 is 13.8 Å². The van der Waals surface area contributed by atoms with E-state index in [4.69, 9.17) is 9.47 Å². The molecule has 0 saturated carbocycles. The number of methoxy groups -OCH3 is 1. The molecule has 1 N–H and O–H groups in total. The summed E-state index contributed by atoms with van der Waals surface area (Å²) in [5.41, 5.74) is -0.862. The van der Waals surface area contributed by atoms with E-state index in [9.17, 15) is 31.5 Å². The van der Waals surface area contributed by atoms with E-state index in [0.717, 1.165) is 28.1 Å². The van der Waals surface area contributed by atoms with Gasteiger partial charge < -0.3 is 14.6 Å². The number of rotatable bonds is 7. The summed E-state index contributed by atoms with van der Waals surface area (Å²) >= 11 is 0. The first-order valence-electron chi connectivity index (χ1n) is 11.6. The van der Waals surface area contributed by atoms with E-state index < -0.39 is 44.1 Å². The number of alkyl halides is 3. The van der Waals surface area contributed by atoms with E-state index in [1.54, 1.807) is 42.5 Å². The molecule has 0 aromatic heterocycles. The Bertz CT molecular complexity index is 1470. The van der Waals surface area contributed by atoms with Crippen LogP contribution in [0.1, 0.15) is 25.8 Å². The second-order valence-electron chi connectivity index (χ2n) is 9.61. The van der Waals surface area contributed by atoms with Crippen molar-refractivity contribution in [2.24, 2.45) is 5.41 Å². The van der Waals surface area contributed by atoms with Gasteiger partial charge in [0.05, 0.1) is 35.2 Å². The number of fused-ring (bicyclic) bond motifs is 1. The number of anilines is 1. The third-order valence-electron chi connectivity index (χ3n) is 6.36. The molecule has 0 bridgehead atoms. The van der Waals surface area contributed by atoms with Crippen LogP contribution in [0.3, 0.4) is 0 Å². The topological polar surface area (TPSA) is 93.1 Å². The van der Waals surface area contributed by atoms with Crippen molar-refractivity contribution < 1.29 is 41.0 Å². The van der Waals surface area contributed by atoms with Crippen LogP contribution >= 0.6 is 0 Å². The number of benzene rings is 3. The van der Waals surface area contributed by atoms with E-state index in [-0.39, 0.29) is 24.4 Å². The fourth-order valence-corrected chi connectivity index (χ4v) is 5.79. The quantitative estimate of drug-likeness (QED) is 0.398. The van der Waals surface area contributed by atoms with E-state index in [1.165, 1.54) is 21.0 Å². The van der Waals surface area contributed by atoms with Gasteiger partial charge in [-0.15, -0.1) is 0 Å². The number of halogens is 3. The number of hydrogen-bond donors (Lipinski definition) is 1. The maximum absolute atomic E-state index is 13.8. The molecule has 1 heterocycles. The summed E-state index contributed by atoms with van der Waals surface area (Å²) in [5, 5.41) is 9.58. The molecule has 0 unspecified atom stereocenters. The number of carboxylic acid groups (broad SMARTS) is 1. The van der Waals surface area contributed by atoms with Gasteiger partial charge in [-0.25, -0.2) is 8.42 Å². The van der Waals surface area contributed by atoms with Crippen LogP contribution in [0, 0.1) is 5.41 Å². The largest absolute Gasteiger partial charge is 0.497 e. The van der Waals surface area contributed by atoms with E-state index >= 15 is 0 Å². The standard InChI is InChI=1S/C27H26F3NO6S/c1-26(2,25(32)33)15-21-16-31(38(34,35)22-9-5-7-19(14-22)27(28,29)30)23-13-18(10-11-24(23)37-21)17-6-4-8-20(12-17)36-3/h4-14,21H,15-16H2,1-3H3,(H,32,33)/t21-/m0/s1. The van der Waals surface area contributed by atoms with Crippen molar-refractivity contribution in [2.75, 3.05) is 18.0 Å². The van der Waals surface area contributed by atoms with Crippen molar-refractivity contribution in [2.45, 2.75) is 37.4 Å². The zero-order valence-corrected chi connectivity index (χ0v) is 21.6. The molecular weight excluding hydrogens is 523 g/mol. The Morgan fingerprint density at radius 2 is 1.74 bits per heavy atom. The highest BCUT2D eigenvalue weighted by molar-refractivity contribution is 7.92. The number of carboxylic acids is 1. The van der Waals surface area contributed by atoms with Gasteiger partial charge in [0.25, 0.3) is 10.0 Å². The number of sulfonamides is 1. The monoisotopic (exact) mass is 549 g/mol. The molecule has 4 rings (SSSR count). The average Bonchev–Trinajstić information content (AvgIpc) is 2.87. The van der Waals surface area contributed by atoms with E-state index in [0.29, 0.717) is 17.4 Å². The Kier molecular flexibility index (Phi) is 7.09. The molecule has 1 aliphatic rings. The van der Waals surface area contributed by atoms with Crippen LogP contribution in [0.2, 0.25) is 0 Å². The minimum Gasteiger partial charge on any atom is -0.497 e. The highest BCUT2D eigenvalue weighted by Gasteiger charge is 2.40. The third kappa shape index (κ3) is 5.42. The number of ether oxygens (including phenoxy) is 2. The number of carbonyl (C=O) groups is 1. The van der Waals surface area contributed by atoms with Crippen molar-refractivity contribution in [3.05, 3.63) is 72.3 Å². The maximum Gasteiger partial charge on any atom is 0.416 e. The Morgan fingerprint density at radius 1 is 1.05 bits per heavy atom. The second-order valence-corrected chi connectivity index (χ2v) is 11.5. The maximum atomic E-state index is 13.8. The fraction of sp³-hybridized carbons (Fsp3) is 0.296. The Hall–Kier alpha value is -3.73. The van der Waals surface area contributed by atoms with Gasteiger partial charge in [0.2, 0.25) is 0 Å². The molecule has 7 nitrogen and oxygen atoms in total. The summed E-state index contributed by atoms with van der Waals surface area (Å²) in [6, 6.07) is 15.5. The molecule has 0 aliphatic carbocycles. The van der Waals surface area contributed by atoms with Crippen LogP contribution in [-0.2, 0) is 21.0 Å². The van der Waals surface area contributed by atoms with Gasteiger partial charge in [0.15, 0.2) is 0 Å². The first kappa shape index (κ1) is 27.3. The number of hydrogen-bond acceptors (Lipinski definition) is 5. The second kappa shape index (κ2) is 9.86. The molecule has 0 radical (unpaired) electrons. The predicted molar refractivity (Wildman–Crippen MR) is 135 cm³/mol. The number of aliphatic carboxylic acids is 1. The Balaban J connectivity index is 1.83.